The first-order valence-electron chi connectivity index (χ1n) is 9.05. The van der Waals surface area contributed by atoms with Gasteiger partial charge in [0.2, 0.25) is 11.8 Å². The third-order valence-corrected chi connectivity index (χ3v) is 5.18. The number of hydrogen-bond acceptors (Lipinski definition) is 6. The van der Waals surface area contributed by atoms with Crippen LogP contribution in [-0.2, 0) is 9.59 Å². The molecule has 0 aromatic heterocycles. The van der Waals surface area contributed by atoms with Crippen LogP contribution in [0.15, 0.2) is 18.2 Å². The predicted octanol–water partition coefficient (Wildman–Crippen LogP) is 2.53. The molecule has 3 rings (SSSR count). The molecule has 1 N–H and O–H groups in total. The summed E-state index contributed by atoms with van der Waals surface area (Å²) < 4.78 is 0. The van der Waals surface area contributed by atoms with Crippen LogP contribution < -0.4 is 10.2 Å². The number of nitro groups is 1. The van der Waals surface area contributed by atoms with Crippen LogP contribution in [0.1, 0.15) is 38.5 Å². The average Bonchev–Trinajstić information content (AvgIpc) is 3.00. The van der Waals surface area contributed by atoms with E-state index in [0.29, 0.717) is 24.7 Å². The van der Waals surface area contributed by atoms with Crippen LogP contribution in [0.5, 0.6) is 0 Å². The number of amides is 2. The van der Waals surface area contributed by atoms with Crippen molar-refractivity contribution < 1.29 is 14.5 Å². The first-order valence-corrected chi connectivity index (χ1v) is 9.05. The molecule has 2 heterocycles. The maximum atomic E-state index is 12.0. The number of nitro benzene ring substituents is 1. The Morgan fingerprint density at radius 3 is 2.58 bits per heavy atom. The van der Waals surface area contributed by atoms with Crippen molar-refractivity contribution >= 4 is 28.9 Å². The molecular weight excluding hydrogens is 336 g/mol. The molecule has 2 aliphatic rings. The number of piperidine rings is 1. The average molecular weight is 360 g/mol. The lowest BCUT2D eigenvalue weighted by atomic mass is 10.1. The zero-order chi connectivity index (χ0) is 18.7. The molecule has 0 aliphatic carbocycles. The van der Waals surface area contributed by atoms with E-state index >= 15 is 0 Å². The van der Waals surface area contributed by atoms with Gasteiger partial charge in [-0.25, -0.2) is 0 Å². The highest BCUT2D eigenvalue weighted by atomic mass is 16.6. The van der Waals surface area contributed by atoms with Gasteiger partial charge in [0.25, 0.3) is 5.69 Å². The van der Waals surface area contributed by atoms with Crippen molar-refractivity contribution in [3.63, 3.8) is 0 Å². The summed E-state index contributed by atoms with van der Waals surface area (Å²) in [5.41, 5.74) is 0.567. The minimum atomic E-state index is -0.480. The molecule has 26 heavy (non-hydrogen) atoms. The zero-order valence-electron chi connectivity index (χ0n) is 14.9. The van der Waals surface area contributed by atoms with Crippen molar-refractivity contribution in [1.82, 2.24) is 4.90 Å². The lowest BCUT2D eigenvalue weighted by molar-refractivity contribution is -0.383. The summed E-state index contributed by atoms with van der Waals surface area (Å²) in [5.74, 6) is -0.610. The summed E-state index contributed by atoms with van der Waals surface area (Å²) in [6.45, 7) is 1.73. The van der Waals surface area contributed by atoms with Crippen LogP contribution >= 0.6 is 0 Å². The highest BCUT2D eigenvalue weighted by Gasteiger charge is 2.29. The van der Waals surface area contributed by atoms with Gasteiger partial charge in [0, 0.05) is 31.5 Å². The normalized spacial score (nSPS) is 21.3. The number of nitrogens with zero attached hydrogens (tertiary/aromatic N) is 3. The van der Waals surface area contributed by atoms with Gasteiger partial charge in [-0.2, -0.15) is 0 Å². The van der Waals surface area contributed by atoms with Crippen molar-refractivity contribution in [2.75, 3.05) is 30.4 Å². The molecule has 0 bridgehead atoms. The monoisotopic (exact) mass is 360 g/mol. The third kappa shape index (κ3) is 3.85. The highest BCUT2D eigenvalue weighted by molar-refractivity contribution is 6.16. The quantitative estimate of drug-likeness (QED) is 0.476. The van der Waals surface area contributed by atoms with Gasteiger partial charge in [-0.15, -0.1) is 0 Å². The Morgan fingerprint density at radius 1 is 1.23 bits per heavy atom. The third-order valence-electron chi connectivity index (χ3n) is 5.18. The lowest BCUT2D eigenvalue weighted by Gasteiger charge is -2.25. The number of carbonyl (C=O) groups excluding carboxylic acids is 2. The number of likely N-dealkylation sites (tertiary alicyclic amines) is 1. The molecule has 1 atom stereocenters. The maximum absolute atomic E-state index is 12.0. The number of imide groups is 1. The second kappa shape index (κ2) is 7.82. The Kier molecular flexibility index (Phi) is 5.51. The van der Waals surface area contributed by atoms with Gasteiger partial charge in [0.05, 0.1) is 10.6 Å². The molecule has 8 nitrogen and oxygen atoms in total. The second-order valence-electron chi connectivity index (χ2n) is 6.93. The van der Waals surface area contributed by atoms with Crippen LogP contribution in [0.3, 0.4) is 0 Å². The van der Waals surface area contributed by atoms with Crippen molar-refractivity contribution in [3.8, 4) is 0 Å². The Labute approximate surface area is 152 Å². The van der Waals surface area contributed by atoms with Gasteiger partial charge in [0.15, 0.2) is 0 Å². The standard InChI is InChI=1S/C18H24N4O4/c1-20-11-3-4-13(20)9-10-19-15-8-7-14(12-16(15)22(25)26)21-17(23)5-2-6-18(21)24/h7-8,12-13,19H,2-6,9-11H2,1H3. The molecule has 2 aliphatic heterocycles. The minimum Gasteiger partial charge on any atom is -0.379 e. The van der Waals surface area contributed by atoms with Crippen LogP contribution in [0.25, 0.3) is 0 Å². The molecule has 1 aromatic rings. The number of rotatable bonds is 6. The smallest absolute Gasteiger partial charge is 0.294 e. The lowest BCUT2D eigenvalue weighted by Crippen LogP contribution is -2.40. The van der Waals surface area contributed by atoms with E-state index in [1.165, 1.54) is 12.5 Å². The number of nitrogens with one attached hydrogen (secondary N) is 1. The van der Waals surface area contributed by atoms with Gasteiger partial charge in [-0.3, -0.25) is 24.6 Å². The van der Waals surface area contributed by atoms with E-state index in [2.05, 4.69) is 17.3 Å². The summed E-state index contributed by atoms with van der Waals surface area (Å²) >= 11 is 0. The van der Waals surface area contributed by atoms with E-state index in [0.717, 1.165) is 24.3 Å². The van der Waals surface area contributed by atoms with Crippen molar-refractivity contribution in [2.45, 2.75) is 44.6 Å². The number of carbonyl (C=O) groups is 2. The van der Waals surface area contributed by atoms with Crippen molar-refractivity contribution in [3.05, 3.63) is 28.3 Å². The molecule has 2 saturated heterocycles. The van der Waals surface area contributed by atoms with Crippen LogP contribution in [0, 0.1) is 10.1 Å². The van der Waals surface area contributed by atoms with Crippen molar-refractivity contribution in [2.24, 2.45) is 0 Å². The first-order chi connectivity index (χ1) is 12.5. The van der Waals surface area contributed by atoms with Crippen LogP contribution in [-0.4, -0.2) is 47.8 Å². The molecule has 140 valence electrons. The zero-order valence-corrected chi connectivity index (χ0v) is 14.9. The fraction of sp³-hybridized carbons (Fsp3) is 0.556. The van der Waals surface area contributed by atoms with Gasteiger partial charge in [0.1, 0.15) is 5.69 Å². The topological polar surface area (TPSA) is 95.8 Å². The minimum absolute atomic E-state index is 0.117. The largest absolute Gasteiger partial charge is 0.379 e. The van der Waals surface area contributed by atoms with E-state index < -0.39 is 4.92 Å². The molecule has 0 saturated carbocycles. The summed E-state index contributed by atoms with van der Waals surface area (Å²) in [4.78, 5) is 38.4. The highest BCUT2D eigenvalue weighted by Crippen LogP contribution is 2.32. The fourth-order valence-corrected chi connectivity index (χ4v) is 3.72. The van der Waals surface area contributed by atoms with E-state index in [4.69, 9.17) is 0 Å². The molecule has 1 unspecified atom stereocenters. The summed E-state index contributed by atoms with van der Waals surface area (Å²) in [7, 11) is 2.10. The molecule has 0 spiro atoms. The van der Waals surface area contributed by atoms with Gasteiger partial charge < -0.3 is 10.2 Å². The van der Waals surface area contributed by atoms with Crippen LogP contribution in [0.4, 0.5) is 17.1 Å². The second-order valence-corrected chi connectivity index (χ2v) is 6.93. The molecule has 1 aromatic carbocycles. The molecular formula is C18H24N4O4. The molecule has 2 fully saturated rings. The summed E-state index contributed by atoms with van der Waals surface area (Å²) in [6.07, 6.45) is 4.36. The van der Waals surface area contributed by atoms with E-state index in [9.17, 15) is 19.7 Å². The Morgan fingerprint density at radius 2 is 1.96 bits per heavy atom. The van der Waals surface area contributed by atoms with Gasteiger partial charge in [-0.1, -0.05) is 0 Å². The summed E-state index contributed by atoms with van der Waals surface area (Å²) in [5, 5.41) is 14.6. The van der Waals surface area contributed by atoms with Crippen molar-refractivity contribution in [1.29, 1.82) is 0 Å². The molecule has 0 radical (unpaired) electrons. The Hall–Kier alpha value is -2.48. The molecule has 8 heteroatoms. The Bertz CT molecular complexity index is 705. The number of benzene rings is 1. The Balaban J connectivity index is 1.73. The fourth-order valence-electron chi connectivity index (χ4n) is 3.72. The van der Waals surface area contributed by atoms with E-state index in [-0.39, 0.29) is 36.0 Å². The molecule has 2 amide bonds. The van der Waals surface area contributed by atoms with E-state index in [1.807, 2.05) is 0 Å². The van der Waals surface area contributed by atoms with E-state index in [1.54, 1.807) is 12.1 Å². The van der Waals surface area contributed by atoms with Crippen LogP contribution in [0.2, 0.25) is 0 Å². The number of anilines is 2. The maximum Gasteiger partial charge on any atom is 0.294 e. The van der Waals surface area contributed by atoms with Gasteiger partial charge in [-0.05, 0) is 51.4 Å². The first kappa shape index (κ1) is 18.3. The SMILES string of the molecule is CN1CCCC1CCNc1ccc(N2C(=O)CCCC2=O)cc1[N+](=O)[O-]. The summed E-state index contributed by atoms with van der Waals surface area (Å²) in [6, 6.07) is 4.99. The number of hydrogen-bond donors (Lipinski definition) is 1. The predicted molar refractivity (Wildman–Crippen MR) is 98.2 cm³/mol. The van der Waals surface area contributed by atoms with Gasteiger partial charge >= 0.3 is 0 Å².